The van der Waals surface area contributed by atoms with Crippen LogP contribution in [0.2, 0.25) is 0 Å². The Kier molecular flexibility index (Phi) is 3.14. The fourth-order valence-electron chi connectivity index (χ4n) is 0.992. The molecule has 13 heavy (non-hydrogen) atoms. The second kappa shape index (κ2) is 4.14. The van der Waals surface area contributed by atoms with E-state index in [1.807, 2.05) is 0 Å². The van der Waals surface area contributed by atoms with Crippen molar-refractivity contribution in [3.05, 3.63) is 23.8 Å². The number of methoxy groups -OCH3 is 1. The first-order valence-corrected chi connectivity index (χ1v) is 4.05. The van der Waals surface area contributed by atoms with Gasteiger partial charge >= 0.3 is 0 Å². The van der Waals surface area contributed by atoms with E-state index in [9.17, 15) is 9.90 Å². The van der Waals surface area contributed by atoms with Gasteiger partial charge in [-0.3, -0.25) is 4.79 Å². The zero-order chi connectivity index (χ0) is 9.84. The van der Waals surface area contributed by atoms with Gasteiger partial charge in [0.1, 0.15) is 0 Å². The Labute approximate surface area is 80.9 Å². The van der Waals surface area contributed by atoms with Crippen LogP contribution in [0.15, 0.2) is 18.2 Å². The summed E-state index contributed by atoms with van der Waals surface area (Å²) in [6.07, 6.45) is 0.137. The Morgan fingerprint density at radius 2 is 2.31 bits per heavy atom. The molecule has 0 aliphatic rings. The minimum Gasteiger partial charge on any atom is -0.504 e. The molecule has 0 unspecified atom stereocenters. The van der Waals surface area contributed by atoms with Gasteiger partial charge in [0.15, 0.2) is 11.5 Å². The maximum atomic E-state index is 10.6. The van der Waals surface area contributed by atoms with Crippen molar-refractivity contribution < 1.29 is 14.6 Å². The predicted octanol–water partition coefficient (Wildman–Crippen LogP) is 1.71. The van der Waals surface area contributed by atoms with E-state index in [1.54, 1.807) is 12.1 Å². The Hall–Kier alpha value is -1.22. The van der Waals surface area contributed by atoms with Crippen molar-refractivity contribution in [3.8, 4) is 11.5 Å². The van der Waals surface area contributed by atoms with E-state index < -0.39 is 5.24 Å². The highest BCUT2D eigenvalue weighted by Gasteiger charge is 2.04. The van der Waals surface area contributed by atoms with Crippen LogP contribution in [-0.2, 0) is 11.2 Å². The predicted molar refractivity (Wildman–Crippen MR) is 49.2 cm³/mol. The maximum absolute atomic E-state index is 10.6. The van der Waals surface area contributed by atoms with Gasteiger partial charge in [0.05, 0.1) is 7.11 Å². The normalized spacial score (nSPS) is 9.69. The Morgan fingerprint density at radius 3 is 2.85 bits per heavy atom. The van der Waals surface area contributed by atoms with Crippen LogP contribution in [0.4, 0.5) is 0 Å². The van der Waals surface area contributed by atoms with Crippen LogP contribution in [0.5, 0.6) is 11.5 Å². The molecule has 0 saturated heterocycles. The van der Waals surface area contributed by atoms with Crippen molar-refractivity contribution in [2.75, 3.05) is 7.11 Å². The second-order valence-electron chi connectivity index (χ2n) is 2.54. The molecule has 1 rings (SSSR count). The molecule has 4 heteroatoms. The molecular formula is C9H9ClO3. The summed E-state index contributed by atoms with van der Waals surface area (Å²) in [6, 6.07) is 4.67. The van der Waals surface area contributed by atoms with Crippen molar-refractivity contribution in [1.29, 1.82) is 0 Å². The molecule has 70 valence electrons. The van der Waals surface area contributed by atoms with E-state index in [0.29, 0.717) is 5.75 Å². The van der Waals surface area contributed by atoms with Gasteiger partial charge in [-0.1, -0.05) is 6.07 Å². The maximum Gasteiger partial charge on any atom is 0.226 e. The highest BCUT2D eigenvalue weighted by atomic mass is 35.5. The van der Waals surface area contributed by atoms with Gasteiger partial charge in [-0.25, -0.2) is 0 Å². The minimum atomic E-state index is -0.437. The van der Waals surface area contributed by atoms with Crippen LogP contribution in [0, 0.1) is 0 Å². The molecule has 0 aliphatic carbocycles. The molecule has 0 fully saturated rings. The van der Waals surface area contributed by atoms with Gasteiger partial charge in [-0.05, 0) is 29.3 Å². The van der Waals surface area contributed by atoms with Gasteiger partial charge in [0.2, 0.25) is 5.24 Å². The van der Waals surface area contributed by atoms with Gasteiger partial charge in [-0.15, -0.1) is 0 Å². The van der Waals surface area contributed by atoms with Gasteiger partial charge in [-0.2, -0.15) is 0 Å². The third kappa shape index (κ3) is 2.63. The summed E-state index contributed by atoms with van der Waals surface area (Å²) in [5, 5.41) is 8.79. The molecule has 1 N–H and O–H groups in total. The lowest BCUT2D eigenvalue weighted by molar-refractivity contribution is -0.111. The number of phenols is 1. The molecule has 0 spiro atoms. The van der Waals surface area contributed by atoms with Crippen LogP contribution in [-0.4, -0.2) is 17.5 Å². The van der Waals surface area contributed by atoms with Crippen LogP contribution in [0.25, 0.3) is 0 Å². The molecule has 0 aromatic heterocycles. The first-order chi connectivity index (χ1) is 6.13. The largest absolute Gasteiger partial charge is 0.504 e. The van der Waals surface area contributed by atoms with E-state index in [0.717, 1.165) is 5.56 Å². The molecule has 3 nitrogen and oxygen atoms in total. The molecule has 0 heterocycles. The third-order valence-corrected chi connectivity index (χ3v) is 1.72. The van der Waals surface area contributed by atoms with E-state index in [2.05, 4.69) is 0 Å². The second-order valence-corrected chi connectivity index (χ2v) is 2.96. The molecule has 1 aromatic carbocycles. The number of carbonyl (C=O) groups is 1. The van der Waals surface area contributed by atoms with Crippen molar-refractivity contribution in [3.63, 3.8) is 0 Å². The summed E-state index contributed by atoms with van der Waals surface area (Å²) in [4.78, 5) is 10.6. The summed E-state index contributed by atoms with van der Waals surface area (Å²) in [6.45, 7) is 0. The Bertz CT molecular complexity index is 323. The van der Waals surface area contributed by atoms with Crippen molar-refractivity contribution in [2.24, 2.45) is 0 Å². The highest BCUT2D eigenvalue weighted by molar-refractivity contribution is 6.63. The molecule has 0 bridgehead atoms. The third-order valence-electron chi connectivity index (χ3n) is 1.59. The summed E-state index contributed by atoms with van der Waals surface area (Å²) in [5.41, 5.74) is 0.717. The van der Waals surface area contributed by atoms with E-state index in [4.69, 9.17) is 16.3 Å². The number of hydrogen-bond acceptors (Lipinski definition) is 3. The minimum absolute atomic E-state index is 0.0493. The van der Waals surface area contributed by atoms with Crippen molar-refractivity contribution in [2.45, 2.75) is 6.42 Å². The Morgan fingerprint density at radius 1 is 1.62 bits per heavy atom. The number of benzene rings is 1. The molecule has 1 aromatic rings. The number of carbonyl (C=O) groups excluding carboxylic acids is 1. The van der Waals surface area contributed by atoms with Crippen molar-refractivity contribution in [1.82, 2.24) is 0 Å². The van der Waals surface area contributed by atoms with Gasteiger partial charge in [0.25, 0.3) is 0 Å². The average Bonchev–Trinajstić information content (AvgIpc) is 2.07. The number of aromatic hydroxyl groups is 1. The number of ether oxygens (including phenoxy) is 1. The van der Waals surface area contributed by atoms with Crippen LogP contribution in [0.1, 0.15) is 5.56 Å². The number of phenolic OH excluding ortho intramolecular Hbond substituents is 1. The topological polar surface area (TPSA) is 46.5 Å². The van der Waals surface area contributed by atoms with Crippen LogP contribution < -0.4 is 4.74 Å². The summed E-state index contributed by atoms with van der Waals surface area (Å²) in [5.74, 6) is 0.392. The molecule has 0 amide bonds. The average molecular weight is 201 g/mol. The molecular weight excluding hydrogens is 192 g/mol. The zero-order valence-corrected chi connectivity index (χ0v) is 7.84. The number of rotatable bonds is 3. The monoisotopic (exact) mass is 200 g/mol. The van der Waals surface area contributed by atoms with Crippen LogP contribution >= 0.6 is 11.6 Å². The molecule has 0 atom stereocenters. The van der Waals surface area contributed by atoms with E-state index >= 15 is 0 Å². The highest BCUT2D eigenvalue weighted by Crippen LogP contribution is 2.26. The number of halogens is 1. The summed E-state index contributed by atoms with van der Waals surface area (Å²) < 4.78 is 4.86. The van der Waals surface area contributed by atoms with Gasteiger partial charge < -0.3 is 9.84 Å². The lowest BCUT2D eigenvalue weighted by Gasteiger charge is -2.04. The summed E-state index contributed by atoms with van der Waals surface area (Å²) in [7, 11) is 1.45. The van der Waals surface area contributed by atoms with Crippen molar-refractivity contribution >= 4 is 16.8 Å². The molecule has 0 aliphatic heterocycles. The standard InChI is InChI=1S/C9H9ClO3/c1-13-8-4-6(5-9(10)12)2-3-7(8)11/h2-4,11H,5H2,1H3. The fraction of sp³-hybridized carbons (Fsp3) is 0.222. The van der Waals surface area contributed by atoms with E-state index in [1.165, 1.54) is 13.2 Å². The van der Waals surface area contributed by atoms with Gasteiger partial charge in [0, 0.05) is 6.42 Å². The SMILES string of the molecule is COc1cc(CC(=O)Cl)ccc1O. The zero-order valence-electron chi connectivity index (χ0n) is 7.08. The Balaban J connectivity index is 2.92. The fourth-order valence-corrected chi connectivity index (χ4v) is 1.15. The quantitative estimate of drug-likeness (QED) is 0.756. The smallest absolute Gasteiger partial charge is 0.226 e. The number of hydrogen-bond donors (Lipinski definition) is 1. The molecule has 0 saturated carbocycles. The van der Waals surface area contributed by atoms with Crippen LogP contribution in [0.3, 0.4) is 0 Å². The lowest BCUT2D eigenvalue weighted by atomic mass is 10.1. The first kappa shape index (κ1) is 9.86. The molecule has 0 radical (unpaired) electrons. The first-order valence-electron chi connectivity index (χ1n) is 3.67. The lowest BCUT2D eigenvalue weighted by Crippen LogP contribution is -1.94. The van der Waals surface area contributed by atoms with E-state index in [-0.39, 0.29) is 12.2 Å². The summed E-state index contributed by atoms with van der Waals surface area (Å²) >= 11 is 5.21.